The van der Waals surface area contributed by atoms with E-state index in [1.807, 2.05) is 17.5 Å². The Bertz CT molecular complexity index is 481. The SMILES string of the molecule is COCC(=O)NCc1nc(-c2cccs2)no1. The number of aromatic nitrogens is 2. The van der Waals surface area contributed by atoms with E-state index in [1.165, 1.54) is 18.4 Å². The van der Waals surface area contributed by atoms with Gasteiger partial charge in [-0.15, -0.1) is 11.3 Å². The Morgan fingerprint density at radius 3 is 3.24 bits per heavy atom. The lowest BCUT2D eigenvalue weighted by atomic mass is 10.4. The van der Waals surface area contributed by atoms with Crippen molar-refractivity contribution in [3.63, 3.8) is 0 Å². The molecule has 0 radical (unpaired) electrons. The molecule has 0 aliphatic carbocycles. The molecule has 6 nitrogen and oxygen atoms in total. The monoisotopic (exact) mass is 253 g/mol. The molecule has 1 amide bonds. The summed E-state index contributed by atoms with van der Waals surface area (Å²) < 4.78 is 9.69. The van der Waals surface area contributed by atoms with Crippen molar-refractivity contribution in [1.29, 1.82) is 0 Å². The number of carbonyl (C=O) groups excluding carboxylic acids is 1. The number of methoxy groups -OCH3 is 1. The molecule has 0 spiro atoms. The summed E-state index contributed by atoms with van der Waals surface area (Å²) in [6.45, 7) is 0.229. The predicted molar refractivity (Wildman–Crippen MR) is 61.3 cm³/mol. The molecule has 0 bridgehead atoms. The largest absolute Gasteiger partial charge is 0.375 e. The summed E-state index contributed by atoms with van der Waals surface area (Å²) in [5.41, 5.74) is 0. The van der Waals surface area contributed by atoms with Crippen molar-refractivity contribution < 1.29 is 14.1 Å². The normalized spacial score (nSPS) is 10.4. The molecular formula is C10H11N3O3S. The fraction of sp³-hybridized carbons (Fsp3) is 0.300. The molecule has 0 saturated carbocycles. The van der Waals surface area contributed by atoms with Crippen LogP contribution < -0.4 is 5.32 Å². The molecule has 0 aliphatic rings. The van der Waals surface area contributed by atoms with E-state index < -0.39 is 0 Å². The zero-order valence-corrected chi connectivity index (χ0v) is 9.99. The van der Waals surface area contributed by atoms with E-state index in [0.717, 1.165) is 4.88 Å². The van der Waals surface area contributed by atoms with Gasteiger partial charge in [0, 0.05) is 7.11 Å². The van der Waals surface area contributed by atoms with Crippen LogP contribution in [0.4, 0.5) is 0 Å². The van der Waals surface area contributed by atoms with Gasteiger partial charge in [-0.2, -0.15) is 4.98 Å². The van der Waals surface area contributed by atoms with E-state index in [-0.39, 0.29) is 19.1 Å². The number of carbonyl (C=O) groups is 1. The molecule has 0 saturated heterocycles. The molecule has 0 atom stereocenters. The predicted octanol–water partition coefficient (Wildman–Crippen LogP) is 1.06. The topological polar surface area (TPSA) is 77.2 Å². The van der Waals surface area contributed by atoms with Gasteiger partial charge in [0.15, 0.2) is 0 Å². The quantitative estimate of drug-likeness (QED) is 0.862. The van der Waals surface area contributed by atoms with E-state index in [2.05, 4.69) is 20.2 Å². The van der Waals surface area contributed by atoms with Gasteiger partial charge >= 0.3 is 0 Å². The van der Waals surface area contributed by atoms with Gasteiger partial charge in [0.25, 0.3) is 0 Å². The lowest BCUT2D eigenvalue weighted by Crippen LogP contribution is -2.26. The second-order valence-corrected chi connectivity index (χ2v) is 4.15. The van der Waals surface area contributed by atoms with Crippen molar-refractivity contribution in [3.05, 3.63) is 23.4 Å². The summed E-state index contributed by atoms with van der Waals surface area (Å²) in [5.74, 6) is 0.692. The fourth-order valence-corrected chi connectivity index (χ4v) is 1.84. The van der Waals surface area contributed by atoms with Crippen molar-refractivity contribution in [3.8, 4) is 10.7 Å². The van der Waals surface area contributed by atoms with Crippen LogP contribution >= 0.6 is 11.3 Å². The van der Waals surface area contributed by atoms with Gasteiger partial charge in [-0.1, -0.05) is 11.2 Å². The maximum absolute atomic E-state index is 11.1. The first-order chi connectivity index (χ1) is 8.29. The zero-order chi connectivity index (χ0) is 12.1. The number of hydrogen-bond acceptors (Lipinski definition) is 6. The first-order valence-electron chi connectivity index (χ1n) is 4.91. The van der Waals surface area contributed by atoms with Crippen molar-refractivity contribution in [1.82, 2.24) is 15.5 Å². The molecule has 2 aromatic heterocycles. The molecule has 0 aromatic carbocycles. The van der Waals surface area contributed by atoms with Gasteiger partial charge in [-0.3, -0.25) is 4.79 Å². The van der Waals surface area contributed by atoms with E-state index in [9.17, 15) is 4.79 Å². The second-order valence-electron chi connectivity index (χ2n) is 3.20. The average Bonchev–Trinajstić information content (AvgIpc) is 2.97. The van der Waals surface area contributed by atoms with E-state index >= 15 is 0 Å². The Balaban J connectivity index is 1.93. The molecule has 2 heterocycles. The lowest BCUT2D eigenvalue weighted by Gasteiger charge is -1.99. The summed E-state index contributed by atoms with van der Waals surface area (Å²) in [6.07, 6.45) is 0. The summed E-state index contributed by atoms with van der Waals surface area (Å²) in [4.78, 5) is 16.2. The summed E-state index contributed by atoms with van der Waals surface area (Å²) in [6, 6.07) is 3.82. The van der Waals surface area contributed by atoms with Gasteiger partial charge < -0.3 is 14.6 Å². The van der Waals surface area contributed by atoms with Crippen molar-refractivity contribution in [2.75, 3.05) is 13.7 Å². The Morgan fingerprint density at radius 2 is 2.53 bits per heavy atom. The molecule has 7 heteroatoms. The number of nitrogens with one attached hydrogen (secondary N) is 1. The minimum absolute atomic E-state index is 0.0198. The van der Waals surface area contributed by atoms with E-state index in [0.29, 0.717) is 11.7 Å². The highest BCUT2D eigenvalue weighted by Gasteiger charge is 2.10. The number of nitrogens with zero attached hydrogens (tertiary/aromatic N) is 2. The van der Waals surface area contributed by atoms with Gasteiger partial charge in [-0.25, -0.2) is 0 Å². The van der Waals surface area contributed by atoms with Crippen LogP contribution in [0, 0.1) is 0 Å². The van der Waals surface area contributed by atoms with E-state index in [4.69, 9.17) is 4.52 Å². The maximum atomic E-state index is 11.1. The molecule has 90 valence electrons. The molecule has 2 rings (SSSR count). The first-order valence-corrected chi connectivity index (χ1v) is 5.79. The maximum Gasteiger partial charge on any atom is 0.246 e. The molecule has 0 aliphatic heterocycles. The number of rotatable bonds is 5. The van der Waals surface area contributed by atoms with Gasteiger partial charge in [0.05, 0.1) is 11.4 Å². The molecule has 0 unspecified atom stereocenters. The number of amides is 1. The van der Waals surface area contributed by atoms with Gasteiger partial charge in [-0.05, 0) is 11.4 Å². The van der Waals surface area contributed by atoms with Crippen LogP contribution in [0.5, 0.6) is 0 Å². The first kappa shape index (κ1) is 11.7. The van der Waals surface area contributed by atoms with Crippen LogP contribution in [0.15, 0.2) is 22.0 Å². The lowest BCUT2D eigenvalue weighted by molar-refractivity contribution is -0.125. The van der Waals surface area contributed by atoms with Gasteiger partial charge in [0.1, 0.15) is 6.61 Å². The van der Waals surface area contributed by atoms with Crippen LogP contribution in [0.3, 0.4) is 0 Å². The minimum atomic E-state index is -0.219. The standard InChI is InChI=1S/C10H11N3O3S/c1-15-6-8(14)11-5-9-12-10(13-16-9)7-3-2-4-17-7/h2-4H,5-6H2,1H3,(H,11,14). The molecule has 17 heavy (non-hydrogen) atoms. The summed E-state index contributed by atoms with van der Waals surface area (Å²) in [7, 11) is 1.46. The van der Waals surface area contributed by atoms with Crippen LogP contribution in [0.1, 0.15) is 5.89 Å². The molecule has 2 aromatic rings. The minimum Gasteiger partial charge on any atom is -0.375 e. The Kier molecular flexibility index (Phi) is 3.84. The third kappa shape index (κ3) is 3.11. The fourth-order valence-electron chi connectivity index (χ4n) is 1.19. The van der Waals surface area contributed by atoms with Crippen molar-refractivity contribution >= 4 is 17.2 Å². The Hall–Kier alpha value is -1.73. The highest BCUT2D eigenvalue weighted by molar-refractivity contribution is 7.13. The highest BCUT2D eigenvalue weighted by Crippen LogP contribution is 2.20. The zero-order valence-electron chi connectivity index (χ0n) is 9.17. The smallest absolute Gasteiger partial charge is 0.246 e. The Labute approximate surface area is 102 Å². The Morgan fingerprint density at radius 1 is 1.65 bits per heavy atom. The van der Waals surface area contributed by atoms with Gasteiger partial charge in [0.2, 0.25) is 17.6 Å². The average molecular weight is 253 g/mol. The number of ether oxygens (including phenoxy) is 1. The van der Waals surface area contributed by atoms with Crippen LogP contribution in [0.25, 0.3) is 10.7 Å². The molecule has 1 N–H and O–H groups in total. The van der Waals surface area contributed by atoms with Crippen molar-refractivity contribution in [2.24, 2.45) is 0 Å². The van der Waals surface area contributed by atoms with Crippen LogP contribution in [0.2, 0.25) is 0 Å². The summed E-state index contributed by atoms with van der Waals surface area (Å²) >= 11 is 1.53. The van der Waals surface area contributed by atoms with Crippen LogP contribution in [-0.2, 0) is 16.1 Å². The number of hydrogen-bond donors (Lipinski definition) is 1. The molecular weight excluding hydrogens is 242 g/mol. The van der Waals surface area contributed by atoms with Crippen molar-refractivity contribution in [2.45, 2.75) is 6.54 Å². The van der Waals surface area contributed by atoms with Crippen LogP contribution in [-0.4, -0.2) is 29.8 Å². The second kappa shape index (κ2) is 5.55. The number of thiophene rings is 1. The highest BCUT2D eigenvalue weighted by atomic mass is 32.1. The summed E-state index contributed by atoms with van der Waals surface area (Å²) in [5, 5.41) is 8.36. The third-order valence-electron chi connectivity index (χ3n) is 1.92. The third-order valence-corrected chi connectivity index (χ3v) is 2.79. The van der Waals surface area contributed by atoms with E-state index in [1.54, 1.807) is 0 Å². The molecule has 0 fully saturated rings.